The lowest BCUT2D eigenvalue weighted by atomic mass is 9.94. The number of primary amides is 3. The first-order chi connectivity index (χ1) is 30.8. The third-order valence-electron chi connectivity index (χ3n) is 11.7. The molecule has 11 amide bonds. The van der Waals surface area contributed by atoms with Crippen LogP contribution in [-0.4, -0.2) is 136 Å². The van der Waals surface area contributed by atoms with Crippen molar-refractivity contribution in [2.75, 3.05) is 18.8 Å². The maximum Gasteiger partial charge on any atom is 0.246 e. The van der Waals surface area contributed by atoms with E-state index in [0.29, 0.717) is 25.7 Å². The van der Waals surface area contributed by atoms with Crippen LogP contribution in [0, 0.1) is 17.8 Å². The van der Waals surface area contributed by atoms with E-state index in [4.69, 9.17) is 17.2 Å². The Labute approximate surface area is 394 Å². The van der Waals surface area contributed by atoms with E-state index in [1.165, 1.54) is 15.7 Å². The maximum absolute atomic E-state index is 14.6. The van der Waals surface area contributed by atoms with E-state index in [0.717, 1.165) is 10.8 Å². The number of nitrogens with zero attached hydrogens (tertiary/aromatic N) is 1. The van der Waals surface area contributed by atoms with Gasteiger partial charge in [-0.15, -0.1) is 0 Å². The minimum atomic E-state index is -1.71. The summed E-state index contributed by atoms with van der Waals surface area (Å²) in [5.41, 5.74) is 16.1. The molecule has 0 spiro atoms. The first-order valence-electron chi connectivity index (χ1n) is 22.4. The van der Waals surface area contributed by atoms with Crippen molar-refractivity contribution in [2.45, 2.75) is 160 Å². The van der Waals surface area contributed by atoms with Gasteiger partial charge in [0.15, 0.2) is 0 Å². The third-order valence-corrected chi connectivity index (χ3v) is 15.0. The molecule has 2 rings (SSSR count). The van der Waals surface area contributed by atoms with Crippen molar-refractivity contribution in [3.8, 4) is 0 Å². The molecule has 0 saturated carbocycles. The van der Waals surface area contributed by atoms with E-state index in [1.807, 2.05) is 13.8 Å². The Balaban J connectivity index is 2.66. The Morgan fingerprint density at radius 3 is 1.89 bits per heavy atom. The second-order valence-electron chi connectivity index (χ2n) is 17.7. The molecule has 2 heterocycles. The van der Waals surface area contributed by atoms with Crippen molar-refractivity contribution in [2.24, 2.45) is 35.0 Å². The molecule has 2 saturated heterocycles. The fraction of sp³-hybridized carbons (Fsp3) is 0.738. The lowest BCUT2D eigenvalue weighted by molar-refractivity contribution is -0.142. The number of carbonyl (C=O) groups excluding carboxylic acids is 11. The number of likely N-dealkylation sites (tertiary alicyclic amines) is 1. The summed E-state index contributed by atoms with van der Waals surface area (Å²) in [4.78, 5) is 148. The average molecular weight is 970 g/mol. The summed E-state index contributed by atoms with van der Waals surface area (Å²) in [5, 5.41) is 18.3. The number of hydrogen-bond donors (Lipinski definition) is 10. The smallest absolute Gasteiger partial charge is 0.246 e. The molecule has 24 heteroatoms. The van der Waals surface area contributed by atoms with Crippen LogP contribution in [0.25, 0.3) is 0 Å². The fourth-order valence-electron chi connectivity index (χ4n) is 7.23. The van der Waals surface area contributed by atoms with Gasteiger partial charge in [0.1, 0.15) is 42.3 Å². The van der Waals surface area contributed by atoms with Crippen LogP contribution >= 0.6 is 21.6 Å². The molecule has 22 nitrogen and oxygen atoms in total. The van der Waals surface area contributed by atoms with Crippen LogP contribution in [-0.2, 0) is 52.7 Å². The Hall–Kier alpha value is -5.13. The van der Waals surface area contributed by atoms with E-state index in [9.17, 15) is 52.7 Å². The summed E-state index contributed by atoms with van der Waals surface area (Å²) in [6, 6.07) is -9.10. The van der Waals surface area contributed by atoms with Gasteiger partial charge in [0.2, 0.25) is 65.0 Å². The highest BCUT2D eigenvalue weighted by atomic mass is 33.1. The van der Waals surface area contributed by atoms with Gasteiger partial charge in [-0.25, -0.2) is 0 Å². The zero-order chi connectivity index (χ0) is 50.1. The average Bonchev–Trinajstić information content (AvgIpc) is 3.74. The second kappa shape index (κ2) is 26.9. The summed E-state index contributed by atoms with van der Waals surface area (Å²) in [6.45, 7) is 13.8. The highest BCUT2D eigenvalue weighted by Gasteiger charge is 2.42. The molecule has 66 heavy (non-hydrogen) atoms. The minimum Gasteiger partial charge on any atom is -0.370 e. The van der Waals surface area contributed by atoms with Crippen LogP contribution in [0.1, 0.15) is 113 Å². The van der Waals surface area contributed by atoms with Crippen molar-refractivity contribution in [3.63, 3.8) is 0 Å². The van der Waals surface area contributed by atoms with E-state index in [1.54, 1.807) is 41.5 Å². The standard InChI is InChI=1S/C42H71N11O11S2/c1-9-21(4)32(38(61)46-19-30(45)56)51-37(60)27-13-12-16-53(27)41(64)26-20-65-66-42(7,8)18-31(57)50-33(22(5)10-2)40(63)52-34(23(6)11-3)39(62)47-24(14-15-28(43)54)35(58)48-25(17-29(44)55)36(59)49-26/h21-27,32-34H,9-20H2,1-8H3,(H2,43,54)(H2,44,55)(H2,45,56)(H,46,61)(H,47,62)(H,48,58)(H,49,59)(H,50,57)(H,51,60)(H,52,63). The van der Waals surface area contributed by atoms with Gasteiger partial charge in [0.25, 0.3) is 0 Å². The molecule has 372 valence electrons. The lowest BCUT2D eigenvalue weighted by Crippen LogP contribution is -2.61. The fourth-order valence-corrected chi connectivity index (χ4v) is 9.92. The molecule has 10 unspecified atom stereocenters. The summed E-state index contributed by atoms with van der Waals surface area (Å²) in [5.74, 6) is -10.0. The molecule has 0 aromatic rings. The van der Waals surface area contributed by atoms with Crippen LogP contribution in [0.5, 0.6) is 0 Å². The zero-order valence-corrected chi connectivity index (χ0v) is 40.9. The molecule has 10 atom stereocenters. The predicted molar refractivity (Wildman–Crippen MR) is 248 cm³/mol. The van der Waals surface area contributed by atoms with E-state index in [2.05, 4.69) is 37.2 Å². The lowest BCUT2D eigenvalue weighted by Gasteiger charge is -2.32. The van der Waals surface area contributed by atoms with Crippen LogP contribution in [0.3, 0.4) is 0 Å². The molecule has 2 aliphatic heterocycles. The molecule has 0 aromatic heterocycles. The van der Waals surface area contributed by atoms with Crippen molar-refractivity contribution >= 4 is 86.6 Å². The largest absolute Gasteiger partial charge is 0.370 e. The molecule has 0 radical (unpaired) electrons. The molecule has 0 aromatic carbocycles. The molecule has 2 aliphatic rings. The highest BCUT2D eigenvalue weighted by Crippen LogP contribution is 2.39. The van der Waals surface area contributed by atoms with Gasteiger partial charge in [0.05, 0.1) is 13.0 Å². The summed E-state index contributed by atoms with van der Waals surface area (Å²) < 4.78 is -0.832. The third kappa shape index (κ3) is 17.9. The van der Waals surface area contributed by atoms with Gasteiger partial charge >= 0.3 is 0 Å². The summed E-state index contributed by atoms with van der Waals surface area (Å²) >= 11 is 0. The highest BCUT2D eigenvalue weighted by molar-refractivity contribution is 8.77. The zero-order valence-electron chi connectivity index (χ0n) is 39.2. The molecular weight excluding hydrogens is 899 g/mol. The van der Waals surface area contributed by atoms with Gasteiger partial charge in [-0.2, -0.15) is 0 Å². The number of hydrogen-bond acceptors (Lipinski definition) is 13. The Morgan fingerprint density at radius 2 is 1.33 bits per heavy atom. The van der Waals surface area contributed by atoms with Crippen LogP contribution in [0.2, 0.25) is 0 Å². The van der Waals surface area contributed by atoms with Gasteiger partial charge < -0.3 is 59.3 Å². The SMILES string of the molecule is CCC(C)C1NC(=O)CC(C)(C)SSCC(C(=O)N2CCCC2C(=O)NC(C(=O)NCC(N)=O)C(C)CC)NC(=O)C(CC(N)=O)NC(=O)C(CCC(N)=O)NC(=O)C(C(C)CC)NC1=O. The van der Waals surface area contributed by atoms with Crippen molar-refractivity contribution < 1.29 is 52.7 Å². The van der Waals surface area contributed by atoms with E-state index >= 15 is 0 Å². The number of nitrogens with two attached hydrogens (primary N) is 3. The Kier molecular flexibility index (Phi) is 23.2. The molecule has 0 aliphatic carbocycles. The van der Waals surface area contributed by atoms with Crippen molar-refractivity contribution in [3.05, 3.63) is 0 Å². The molecular formula is C42H71N11O11S2. The van der Waals surface area contributed by atoms with E-state index in [-0.39, 0.29) is 43.4 Å². The summed E-state index contributed by atoms with van der Waals surface area (Å²) in [7, 11) is 2.34. The predicted octanol–water partition coefficient (Wildman–Crippen LogP) is -1.67. The van der Waals surface area contributed by atoms with Gasteiger partial charge in [-0.1, -0.05) is 82.4 Å². The first-order valence-corrected chi connectivity index (χ1v) is 24.7. The molecule has 0 bridgehead atoms. The Bertz CT molecular complexity index is 1800. The second-order valence-corrected chi connectivity index (χ2v) is 20.8. The van der Waals surface area contributed by atoms with Crippen molar-refractivity contribution in [1.29, 1.82) is 0 Å². The van der Waals surface area contributed by atoms with Gasteiger partial charge in [-0.3, -0.25) is 52.7 Å². The molecule has 13 N–H and O–H groups in total. The number of amides is 11. The van der Waals surface area contributed by atoms with Gasteiger partial charge in [-0.05, 0) is 50.9 Å². The molecule has 2 fully saturated rings. The summed E-state index contributed by atoms with van der Waals surface area (Å²) in [6.07, 6.45) is 0.333. The number of rotatable bonds is 17. The van der Waals surface area contributed by atoms with E-state index < -0.39 is 137 Å². The quantitative estimate of drug-likeness (QED) is 0.0731. The van der Waals surface area contributed by atoms with Crippen LogP contribution in [0.15, 0.2) is 0 Å². The van der Waals surface area contributed by atoms with Crippen LogP contribution in [0.4, 0.5) is 0 Å². The number of nitrogens with one attached hydrogen (secondary N) is 7. The minimum absolute atomic E-state index is 0.0832. The number of carbonyl (C=O) groups is 11. The topological polar surface area (TPSA) is 353 Å². The van der Waals surface area contributed by atoms with Gasteiger partial charge in [0, 0.05) is 29.9 Å². The Morgan fingerprint density at radius 1 is 0.758 bits per heavy atom. The van der Waals surface area contributed by atoms with Crippen LogP contribution < -0.4 is 54.4 Å². The maximum atomic E-state index is 14.6. The first kappa shape index (κ1) is 57.0. The normalized spacial score (nSPS) is 25.5. The van der Waals surface area contributed by atoms with Crippen molar-refractivity contribution in [1.82, 2.24) is 42.1 Å². The monoisotopic (exact) mass is 969 g/mol.